The number of hydrogen-bond donors (Lipinski definition) is 0. The predicted octanol–water partition coefficient (Wildman–Crippen LogP) is 1.31. The number of nitrogens with zero attached hydrogens (tertiary/aromatic N) is 2. The van der Waals surface area contributed by atoms with Gasteiger partial charge in [-0.15, -0.1) is 0 Å². The van der Waals surface area contributed by atoms with Crippen LogP contribution in [0, 0.1) is 0 Å². The van der Waals surface area contributed by atoms with E-state index >= 15 is 0 Å². The summed E-state index contributed by atoms with van der Waals surface area (Å²) in [6, 6.07) is 11.8. The third-order valence-electron chi connectivity index (χ3n) is 7.62. The number of aromatic nitrogens is 2. The number of unbranched alkanes of at least 4 members (excludes halogenated alkanes) is 14. The second-order valence-electron chi connectivity index (χ2n) is 11.0. The van der Waals surface area contributed by atoms with Gasteiger partial charge in [-0.05, 0) is 24.1 Å². The summed E-state index contributed by atoms with van der Waals surface area (Å²) in [6.07, 6.45) is 19.2. The molecule has 2 aromatic carbocycles. The fourth-order valence-corrected chi connectivity index (χ4v) is 7.30. The molecule has 1 heterocycles. The van der Waals surface area contributed by atoms with Crippen molar-refractivity contribution in [3.05, 3.63) is 53.9 Å². The van der Waals surface area contributed by atoms with E-state index in [0.717, 1.165) is 30.9 Å². The van der Waals surface area contributed by atoms with Crippen LogP contribution in [-0.2, 0) is 33.2 Å². The molecule has 8 nitrogen and oxygen atoms in total. The quantitative estimate of drug-likeness (QED) is 0.102. The van der Waals surface area contributed by atoms with Crippen molar-refractivity contribution in [3.8, 4) is 0 Å². The van der Waals surface area contributed by atoms with Crippen LogP contribution in [0.1, 0.15) is 115 Å². The monoisotopic (exact) mass is 650 g/mol. The minimum Gasteiger partial charge on any atom is -0.744 e. The van der Waals surface area contributed by atoms with Crippen molar-refractivity contribution >= 4 is 31.3 Å². The van der Waals surface area contributed by atoms with Gasteiger partial charge in [0.2, 0.25) is 0 Å². The summed E-state index contributed by atoms with van der Waals surface area (Å²) in [5, 5.41) is 0. The Morgan fingerprint density at radius 1 is 0.651 bits per heavy atom. The van der Waals surface area contributed by atoms with Crippen molar-refractivity contribution in [1.82, 2.24) is 9.55 Å². The van der Waals surface area contributed by atoms with Crippen LogP contribution < -0.4 is 59.1 Å². The third kappa shape index (κ3) is 13.5. The predicted molar refractivity (Wildman–Crippen MR) is 160 cm³/mol. The van der Waals surface area contributed by atoms with Gasteiger partial charge in [-0.2, -0.15) is 0 Å². The summed E-state index contributed by atoms with van der Waals surface area (Å²) in [4.78, 5) is 2.32. The van der Waals surface area contributed by atoms with E-state index in [2.05, 4.69) is 11.9 Å². The van der Waals surface area contributed by atoms with E-state index in [-0.39, 0.29) is 64.6 Å². The van der Waals surface area contributed by atoms with Gasteiger partial charge < -0.3 is 13.7 Å². The normalized spacial score (nSPS) is 11.8. The van der Waals surface area contributed by atoms with Crippen LogP contribution in [0.2, 0.25) is 0 Å². The van der Waals surface area contributed by atoms with Crippen LogP contribution >= 0.6 is 0 Å². The van der Waals surface area contributed by atoms with E-state index in [9.17, 15) is 25.9 Å². The molecule has 1 aromatic heterocycles. The van der Waals surface area contributed by atoms with Gasteiger partial charge in [-0.25, -0.2) is 21.8 Å². The topological polar surface area (TPSA) is 132 Å². The first kappa shape index (κ1) is 40.8. The number of benzene rings is 2. The Hall–Kier alpha value is -0.270. The van der Waals surface area contributed by atoms with Crippen LogP contribution in [0.25, 0.3) is 11.0 Å². The Morgan fingerprint density at radius 2 is 1.14 bits per heavy atom. The zero-order valence-electron chi connectivity index (χ0n) is 26.2. The summed E-state index contributed by atoms with van der Waals surface area (Å²) in [6.45, 7) is 2.62. The summed E-state index contributed by atoms with van der Waals surface area (Å²) in [5.74, 6) is 0.559. The SMILES string of the molecule is CCCCCCCCCCCCCCCCCc1nc2c(S(=O)(=O)[O-])c(S(=O)(=O)[O-])ccc2n1Cc1ccccc1.[Na+].[Na+]. The van der Waals surface area contributed by atoms with E-state index in [0.29, 0.717) is 24.3 Å². The minimum absolute atomic E-state index is 0. The molecule has 0 aliphatic rings. The van der Waals surface area contributed by atoms with Crippen LogP contribution in [-0.4, -0.2) is 35.5 Å². The summed E-state index contributed by atoms with van der Waals surface area (Å²) >= 11 is 0. The average Bonchev–Trinajstić information content (AvgIpc) is 3.26. The molecule has 0 N–H and O–H groups in total. The Kier molecular flexibility index (Phi) is 19.7. The van der Waals surface area contributed by atoms with E-state index in [1.54, 1.807) is 0 Å². The molecule has 0 atom stereocenters. The maximum atomic E-state index is 12.1. The molecule has 0 radical (unpaired) electrons. The van der Waals surface area contributed by atoms with Gasteiger partial charge >= 0.3 is 59.1 Å². The standard InChI is InChI=1S/C31H46N2O6S2.2Na/c1-2-3-4-5-6-7-8-9-10-11-12-13-14-15-19-22-29-32-30-27(33(29)25-26-20-17-16-18-21-26)23-24-28(40(34,35)36)31(30)41(37,38)39;;/h16-18,20-21,23-24H,2-15,19,22,25H2,1H3,(H,34,35,36)(H,37,38,39);;/q;2*+1/p-2. The molecule has 0 fully saturated rings. The fourth-order valence-electron chi connectivity index (χ4n) is 5.42. The molecule has 43 heavy (non-hydrogen) atoms. The first-order chi connectivity index (χ1) is 19.6. The van der Waals surface area contributed by atoms with E-state index in [4.69, 9.17) is 0 Å². The van der Waals surface area contributed by atoms with Crippen LogP contribution in [0.3, 0.4) is 0 Å². The number of imidazole rings is 1. The Labute approximate surface area is 302 Å². The number of hydrogen-bond acceptors (Lipinski definition) is 7. The molecule has 0 aliphatic heterocycles. The van der Waals surface area contributed by atoms with Gasteiger partial charge in [0.1, 0.15) is 31.6 Å². The van der Waals surface area contributed by atoms with Crippen LogP contribution in [0.15, 0.2) is 52.3 Å². The zero-order valence-corrected chi connectivity index (χ0v) is 31.9. The molecule has 3 aromatic rings. The number of aryl methyl sites for hydroxylation is 1. The van der Waals surface area contributed by atoms with E-state index in [1.165, 1.54) is 83.1 Å². The van der Waals surface area contributed by atoms with E-state index < -0.39 is 30.0 Å². The second-order valence-corrected chi connectivity index (χ2v) is 13.6. The Bertz CT molecular complexity index is 1450. The molecule has 0 saturated heterocycles. The summed E-state index contributed by atoms with van der Waals surface area (Å²) < 4.78 is 73.4. The summed E-state index contributed by atoms with van der Waals surface area (Å²) in [7, 11) is -10.5. The minimum atomic E-state index is -5.28. The van der Waals surface area contributed by atoms with Gasteiger partial charge in [0, 0.05) is 13.0 Å². The molecule has 228 valence electrons. The number of rotatable bonds is 20. The van der Waals surface area contributed by atoms with Crippen molar-refractivity contribution < 1.29 is 85.1 Å². The number of fused-ring (bicyclic) bond motifs is 1. The maximum Gasteiger partial charge on any atom is 1.00 e. The van der Waals surface area contributed by atoms with Crippen LogP contribution in [0.4, 0.5) is 0 Å². The van der Waals surface area contributed by atoms with Gasteiger partial charge in [-0.1, -0.05) is 127 Å². The molecule has 12 heteroatoms. The molecule has 0 saturated carbocycles. The Morgan fingerprint density at radius 3 is 1.60 bits per heavy atom. The fraction of sp³-hybridized carbons (Fsp3) is 0.581. The molecule has 0 spiro atoms. The van der Waals surface area contributed by atoms with Crippen molar-refractivity contribution in [2.45, 2.75) is 126 Å². The van der Waals surface area contributed by atoms with Crippen LogP contribution in [0.5, 0.6) is 0 Å². The van der Waals surface area contributed by atoms with E-state index in [1.807, 2.05) is 34.9 Å². The molecule has 0 bridgehead atoms. The molecule has 0 unspecified atom stereocenters. The molecule has 3 rings (SSSR count). The summed E-state index contributed by atoms with van der Waals surface area (Å²) in [5.41, 5.74) is 0.993. The average molecular weight is 651 g/mol. The smallest absolute Gasteiger partial charge is 0.744 e. The molecule has 0 aliphatic carbocycles. The molecular weight excluding hydrogens is 606 g/mol. The van der Waals surface area contributed by atoms with Gasteiger partial charge in [0.05, 0.1) is 15.3 Å². The van der Waals surface area contributed by atoms with Crippen molar-refractivity contribution in [2.75, 3.05) is 0 Å². The van der Waals surface area contributed by atoms with Crippen molar-refractivity contribution in [2.24, 2.45) is 0 Å². The van der Waals surface area contributed by atoms with Gasteiger partial charge in [-0.3, -0.25) is 0 Å². The van der Waals surface area contributed by atoms with Crippen molar-refractivity contribution in [1.29, 1.82) is 0 Å². The molecule has 0 amide bonds. The first-order valence-corrected chi connectivity index (χ1v) is 17.9. The zero-order chi connectivity index (χ0) is 29.7. The third-order valence-corrected chi connectivity index (χ3v) is 9.55. The van der Waals surface area contributed by atoms with Gasteiger partial charge in [0.25, 0.3) is 0 Å². The van der Waals surface area contributed by atoms with Gasteiger partial charge in [0.15, 0.2) is 0 Å². The maximum absolute atomic E-state index is 12.1. The van der Waals surface area contributed by atoms with Crippen molar-refractivity contribution in [3.63, 3.8) is 0 Å². The second kappa shape index (κ2) is 20.8. The molecular formula is C31H44N2Na2O6S2. The largest absolute Gasteiger partial charge is 1.00 e. The first-order valence-electron chi connectivity index (χ1n) is 15.1. The Balaban J connectivity index is 0.00000462.